The maximum absolute atomic E-state index is 13.6. The molecule has 1 unspecified atom stereocenters. The fraction of sp³-hybridized carbons (Fsp3) is 0.231. The number of amides is 2. The van der Waals surface area contributed by atoms with Crippen molar-refractivity contribution in [3.63, 3.8) is 0 Å². The molecule has 0 spiro atoms. The van der Waals surface area contributed by atoms with Crippen molar-refractivity contribution in [2.24, 2.45) is 0 Å². The van der Waals surface area contributed by atoms with E-state index in [0.29, 0.717) is 21.5 Å². The molecule has 6 nitrogen and oxygen atoms in total. The van der Waals surface area contributed by atoms with E-state index in [0.717, 1.165) is 21.6 Å². The highest BCUT2D eigenvalue weighted by Gasteiger charge is 2.47. The van der Waals surface area contributed by atoms with E-state index < -0.39 is 43.3 Å². The third kappa shape index (κ3) is 5.47. The first kappa shape index (κ1) is 24.3. The molecule has 0 bridgehead atoms. The summed E-state index contributed by atoms with van der Waals surface area (Å²) in [4.78, 5) is 30.4. The fourth-order valence-electron chi connectivity index (χ4n) is 4.04. The number of carbonyl (C=O) groups is 2. The van der Waals surface area contributed by atoms with Crippen LogP contribution in [-0.4, -0.2) is 46.8 Å². The summed E-state index contributed by atoms with van der Waals surface area (Å²) in [5.74, 6) is -4.39. The van der Waals surface area contributed by atoms with Crippen LogP contribution in [0, 0.1) is 11.3 Å². The summed E-state index contributed by atoms with van der Waals surface area (Å²) >= 11 is 5.96. The van der Waals surface area contributed by atoms with Gasteiger partial charge in [0.1, 0.15) is 6.04 Å². The lowest BCUT2D eigenvalue weighted by atomic mass is 10.0. The Hall–Kier alpha value is -3.83. The standard InChI is InChI=1S/C26H21ClF2N4O2/c1-16(18-3-5-19(27)6-4-18)10-17-2-7-23-22(11-17)21(8-9-31-23)25(35)32-14-24(34)33-15-26(28,29)12-20(33)13-30/h2-11,20H,12,14-15H2,1H3,(H,32,35). The normalized spacial score (nSPS) is 17.3. The number of aromatic nitrogens is 1. The van der Waals surface area contributed by atoms with Crippen LogP contribution >= 0.6 is 11.6 Å². The SMILES string of the molecule is CC(=Cc1ccc2nccc(C(=O)NCC(=O)N3CC(F)(F)CC3C#N)c2c1)c1ccc(Cl)cc1. The van der Waals surface area contributed by atoms with Crippen LogP contribution in [0.25, 0.3) is 22.6 Å². The maximum Gasteiger partial charge on any atom is 0.268 e. The number of pyridine rings is 1. The minimum Gasteiger partial charge on any atom is -0.343 e. The minimum atomic E-state index is -3.12. The first-order valence-corrected chi connectivity index (χ1v) is 11.2. The van der Waals surface area contributed by atoms with Crippen LogP contribution in [0.15, 0.2) is 54.7 Å². The van der Waals surface area contributed by atoms with Crippen LogP contribution < -0.4 is 5.32 Å². The molecule has 9 heteroatoms. The van der Waals surface area contributed by atoms with E-state index in [4.69, 9.17) is 16.9 Å². The Kier molecular flexibility index (Phi) is 6.81. The van der Waals surface area contributed by atoms with Gasteiger partial charge in [-0.15, -0.1) is 0 Å². The van der Waals surface area contributed by atoms with E-state index in [-0.39, 0.29) is 0 Å². The number of halogens is 3. The third-order valence-corrected chi connectivity index (χ3v) is 6.08. The summed E-state index contributed by atoms with van der Waals surface area (Å²) < 4.78 is 27.3. The molecule has 1 aromatic heterocycles. The number of benzene rings is 2. The van der Waals surface area contributed by atoms with E-state index >= 15 is 0 Å². The summed E-state index contributed by atoms with van der Waals surface area (Å²) in [6.07, 6.45) is 2.75. The molecular formula is C26H21ClF2N4O2. The minimum absolute atomic E-state index is 0.297. The number of allylic oxidation sites excluding steroid dienone is 1. The van der Waals surface area contributed by atoms with Crippen molar-refractivity contribution in [2.75, 3.05) is 13.1 Å². The second-order valence-electron chi connectivity index (χ2n) is 8.38. The van der Waals surface area contributed by atoms with Gasteiger partial charge in [0, 0.05) is 23.0 Å². The van der Waals surface area contributed by atoms with Gasteiger partial charge in [-0.05, 0) is 54.0 Å². The second-order valence-corrected chi connectivity index (χ2v) is 8.82. The van der Waals surface area contributed by atoms with Crippen molar-refractivity contribution < 1.29 is 18.4 Å². The molecule has 1 fully saturated rings. The number of carbonyl (C=O) groups excluding carboxylic acids is 2. The zero-order chi connectivity index (χ0) is 25.2. The lowest BCUT2D eigenvalue weighted by Crippen LogP contribution is -2.43. The molecule has 0 saturated carbocycles. The van der Waals surface area contributed by atoms with Crippen LogP contribution in [0.1, 0.15) is 34.8 Å². The molecule has 1 atom stereocenters. The average Bonchev–Trinajstić information content (AvgIpc) is 3.17. The molecule has 2 amide bonds. The molecule has 1 saturated heterocycles. The van der Waals surface area contributed by atoms with E-state index in [1.54, 1.807) is 12.1 Å². The molecule has 178 valence electrons. The lowest BCUT2D eigenvalue weighted by molar-refractivity contribution is -0.131. The maximum atomic E-state index is 13.6. The lowest BCUT2D eigenvalue weighted by Gasteiger charge is -2.19. The first-order valence-electron chi connectivity index (χ1n) is 10.8. The number of nitrogens with one attached hydrogen (secondary N) is 1. The molecule has 0 radical (unpaired) electrons. The van der Waals surface area contributed by atoms with E-state index in [1.165, 1.54) is 12.3 Å². The van der Waals surface area contributed by atoms with Gasteiger partial charge in [0.2, 0.25) is 5.91 Å². The highest BCUT2D eigenvalue weighted by molar-refractivity contribution is 6.30. The third-order valence-electron chi connectivity index (χ3n) is 5.83. The van der Waals surface area contributed by atoms with Gasteiger partial charge >= 0.3 is 0 Å². The molecule has 2 aromatic carbocycles. The Morgan fingerprint density at radius 3 is 2.71 bits per heavy atom. The number of nitriles is 1. The van der Waals surface area contributed by atoms with Gasteiger partial charge in [-0.25, -0.2) is 8.78 Å². The van der Waals surface area contributed by atoms with Gasteiger partial charge in [0.25, 0.3) is 11.8 Å². The fourth-order valence-corrected chi connectivity index (χ4v) is 4.17. The smallest absolute Gasteiger partial charge is 0.268 e. The number of nitrogens with zero attached hydrogens (tertiary/aromatic N) is 3. The summed E-state index contributed by atoms with van der Waals surface area (Å²) in [6, 6.07) is 15.0. The van der Waals surface area contributed by atoms with Crippen LogP contribution in [0.2, 0.25) is 5.02 Å². The van der Waals surface area contributed by atoms with Gasteiger partial charge in [-0.3, -0.25) is 14.6 Å². The van der Waals surface area contributed by atoms with Crippen LogP contribution in [0.5, 0.6) is 0 Å². The number of alkyl halides is 2. The Morgan fingerprint density at radius 1 is 1.26 bits per heavy atom. The molecule has 1 aliphatic heterocycles. The number of likely N-dealkylation sites (tertiary alicyclic amines) is 1. The van der Waals surface area contributed by atoms with Gasteiger partial charge in [0.05, 0.1) is 30.2 Å². The van der Waals surface area contributed by atoms with Gasteiger partial charge in [0.15, 0.2) is 0 Å². The van der Waals surface area contributed by atoms with E-state index in [9.17, 15) is 18.4 Å². The quantitative estimate of drug-likeness (QED) is 0.509. The van der Waals surface area contributed by atoms with Crippen LogP contribution in [-0.2, 0) is 4.79 Å². The molecule has 1 N–H and O–H groups in total. The molecule has 4 rings (SSSR count). The topological polar surface area (TPSA) is 86.1 Å². The molecule has 0 aliphatic carbocycles. The van der Waals surface area contributed by atoms with Crippen LogP contribution in [0.3, 0.4) is 0 Å². The molecule has 35 heavy (non-hydrogen) atoms. The van der Waals surface area contributed by atoms with Crippen molar-refractivity contribution in [2.45, 2.75) is 25.3 Å². The van der Waals surface area contributed by atoms with Gasteiger partial charge < -0.3 is 10.2 Å². The van der Waals surface area contributed by atoms with E-state index in [1.807, 2.05) is 49.4 Å². The predicted molar refractivity (Wildman–Crippen MR) is 130 cm³/mol. The number of hydrogen-bond donors (Lipinski definition) is 1. The van der Waals surface area contributed by atoms with Crippen molar-refractivity contribution >= 4 is 46.0 Å². The molecular weight excluding hydrogens is 474 g/mol. The Morgan fingerprint density at radius 2 is 2.00 bits per heavy atom. The number of fused-ring (bicyclic) bond motifs is 1. The number of rotatable bonds is 5. The second kappa shape index (κ2) is 9.80. The van der Waals surface area contributed by atoms with Gasteiger partial charge in [-0.2, -0.15) is 5.26 Å². The van der Waals surface area contributed by atoms with Crippen molar-refractivity contribution in [1.29, 1.82) is 5.26 Å². The largest absolute Gasteiger partial charge is 0.343 e. The summed E-state index contributed by atoms with van der Waals surface area (Å²) in [5.41, 5.74) is 3.73. The summed E-state index contributed by atoms with van der Waals surface area (Å²) in [5, 5.41) is 12.8. The highest BCUT2D eigenvalue weighted by Crippen LogP contribution is 2.31. The van der Waals surface area contributed by atoms with Crippen molar-refractivity contribution in [3.8, 4) is 6.07 Å². The highest BCUT2D eigenvalue weighted by atomic mass is 35.5. The monoisotopic (exact) mass is 494 g/mol. The van der Waals surface area contributed by atoms with Crippen molar-refractivity contribution in [3.05, 3.63) is 76.4 Å². The zero-order valence-corrected chi connectivity index (χ0v) is 19.5. The molecule has 2 heterocycles. The summed E-state index contributed by atoms with van der Waals surface area (Å²) in [7, 11) is 0. The Bertz CT molecular complexity index is 1370. The summed E-state index contributed by atoms with van der Waals surface area (Å²) in [6.45, 7) is 0.638. The molecule has 1 aliphatic rings. The number of hydrogen-bond acceptors (Lipinski definition) is 4. The van der Waals surface area contributed by atoms with Crippen LogP contribution in [0.4, 0.5) is 8.78 Å². The zero-order valence-electron chi connectivity index (χ0n) is 18.8. The Balaban J connectivity index is 1.53. The predicted octanol–water partition coefficient (Wildman–Crippen LogP) is 4.94. The van der Waals surface area contributed by atoms with Crippen molar-refractivity contribution in [1.82, 2.24) is 15.2 Å². The molecule has 3 aromatic rings. The average molecular weight is 495 g/mol. The first-order chi connectivity index (χ1) is 16.7. The van der Waals surface area contributed by atoms with Gasteiger partial charge in [-0.1, -0.05) is 35.9 Å². The van der Waals surface area contributed by atoms with E-state index in [2.05, 4.69) is 10.3 Å². The Labute approximate surface area is 205 Å².